The molecule has 3 aromatic rings. The number of hydrogen-bond acceptors (Lipinski definition) is 5. The van der Waals surface area contributed by atoms with E-state index in [-0.39, 0.29) is 36.4 Å². The van der Waals surface area contributed by atoms with Crippen molar-refractivity contribution < 1.29 is 22.8 Å². The fourth-order valence-electron chi connectivity index (χ4n) is 5.56. The molecule has 0 spiro atoms. The van der Waals surface area contributed by atoms with Crippen LogP contribution in [-0.2, 0) is 32.6 Å². The van der Waals surface area contributed by atoms with E-state index in [4.69, 9.17) is 0 Å². The van der Waals surface area contributed by atoms with E-state index in [1.807, 2.05) is 61.5 Å². The van der Waals surface area contributed by atoms with Crippen molar-refractivity contribution in [1.29, 1.82) is 0 Å². The Bertz CT molecular complexity index is 1530. The SMILES string of the molecule is CC(=O)c1cccc(N(CC(=O)N(Cc2ccccc2C)[C@@H](Cc2ccccc2)C(=O)NC2CCCCC2)S(C)(=O)=O)c1. The molecular weight excluding hydrogens is 562 g/mol. The van der Waals surface area contributed by atoms with Crippen molar-refractivity contribution in [3.05, 3.63) is 101 Å². The molecule has 8 nitrogen and oxygen atoms in total. The lowest BCUT2D eigenvalue weighted by Gasteiger charge is -2.35. The molecule has 9 heteroatoms. The van der Waals surface area contributed by atoms with Crippen LogP contribution in [0.1, 0.15) is 66.1 Å². The van der Waals surface area contributed by atoms with E-state index in [1.54, 1.807) is 18.2 Å². The van der Waals surface area contributed by atoms with Crippen LogP contribution in [0.3, 0.4) is 0 Å². The molecular formula is C34H41N3O5S. The molecule has 0 heterocycles. The Balaban J connectivity index is 1.74. The average molecular weight is 604 g/mol. The third-order valence-electron chi connectivity index (χ3n) is 8.04. The lowest BCUT2D eigenvalue weighted by Crippen LogP contribution is -2.55. The van der Waals surface area contributed by atoms with Gasteiger partial charge < -0.3 is 10.2 Å². The number of nitrogens with one attached hydrogen (secondary N) is 1. The van der Waals surface area contributed by atoms with Crippen LogP contribution in [0.4, 0.5) is 5.69 Å². The van der Waals surface area contributed by atoms with Gasteiger partial charge in [-0.05, 0) is 55.5 Å². The predicted octanol–water partition coefficient (Wildman–Crippen LogP) is 5.05. The zero-order valence-electron chi connectivity index (χ0n) is 25.2. The van der Waals surface area contributed by atoms with E-state index in [0.717, 1.165) is 59.4 Å². The molecule has 0 saturated heterocycles. The van der Waals surface area contributed by atoms with Crippen molar-refractivity contribution >= 4 is 33.3 Å². The summed E-state index contributed by atoms with van der Waals surface area (Å²) in [6, 6.07) is 22.6. The Morgan fingerprint density at radius 2 is 1.58 bits per heavy atom. The summed E-state index contributed by atoms with van der Waals surface area (Å²) in [5, 5.41) is 3.21. The Morgan fingerprint density at radius 1 is 0.907 bits per heavy atom. The van der Waals surface area contributed by atoms with Gasteiger partial charge in [0.2, 0.25) is 21.8 Å². The number of aryl methyl sites for hydroxylation is 1. The number of rotatable bonds is 12. The van der Waals surface area contributed by atoms with Gasteiger partial charge in [0.15, 0.2) is 5.78 Å². The van der Waals surface area contributed by atoms with Gasteiger partial charge in [-0.3, -0.25) is 18.7 Å². The van der Waals surface area contributed by atoms with Crippen LogP contribution >= 0.6 is 0 Å². The largest absolute Gasteiger partial charge is 0.352 e. The number of Topliss-reactive ketones (excluding diaryl/α,β-unsaturated/α-hetero) is 1. The van der Waals surface area contributed by atoms with Crippen molar-refractivity contribution in [1.82, 2.24) is 10.2 Å². The van der Waals surface area contributed by atoms with Crippen LogP contribution in [0.5, 0.6) is 0 Å². The number of anilines is 1. The fourth-order valence-corrected chi connectivity index (χ4v) is 6.40. The van der Waals surface area contributed by atoms with Crippen molar-refractivity contribution in [3.8, 4) is 0 Å². The third kappa shape index (κ3) is 8.76. The molecule has 1 N–H and O–H groups in total. The van der Waals surface area contributed by atoms with E-state index >= 15 is 0 Å². The monoisotopic (exact) mass is 603 g/mol. The first kappa shape index (κ1) is 31.9. The number of carbonyl (C=O) groups is 3. The van der Waals surface area contributed by atoms with Crippen LogP contribution in [0.25, 0.3) is 0 Å². The molecule has 0 bridgehead atoms. The molecule has 228 valence electrons. The standard InChI is InChI=1S/C34H41N3O5S/c1-25-13-10-11-16-29(25)23-36(33(39)24-37(43(3,41)42)31-20-12-17-28(22-31)26(2)38)32(21-27-14-6-4-7-15-27)34(40)35-30-18-8-5-9-19-30/h4,6-7,10-17,20,22,30,32H,5,8-9,18-19,21,23-24H2,1-3H3,(H,35,40)/t32-/m0/s1. The van der Waals surface area contributed by atoms with Crippen LogP contribution in [0.15, 0.2) is 78.9 Å². The summed E-state index contributed by atoms with van der Waals surface area (Å²) < 4.78 is 27.1. The number of ketones is 1. The van der Waals surface area contributed by atoms with Crippen molar-refractivity contribution in [3.63, 3.8) is 0 Å². The Morgan fingerprint density at radius 3 is 2.23 bits per heavy atom. The van der Waals surface area contributed by atoms with Gasteiger partial charge in [-0.25, -0.2) is 8.42 Å². The van der Waals surface area contributed by atoms with Gasteiger partial charge in [0, 0.05) is 24.6 Å². The number of hydrogen-bond donors (Lipinski definition) is 1. The Labute approximate surface area is 255 Å². The van der Waals surface area contributed by atoms with Gasteiger partial charge in [-0.15, -0.1) is 0 Å². The summed E-state index contributed by atoms with van der Waals surface area (Å²) in [5.41, 5.74) is 3.27. The van der Waals surface area contributed by atoms with Gasteiger partial charge in [0.05, 0.1) is 11.9 Å². The molecule has 0 unspecified atom stereocenters. The minimum Gasteiger partial charge on any atom is -0.352 e. The molecule has 0 aromatic heterocycles. The molecule has 0 aliphatic heterocycles. The maximum Gasteiger partial charge on any atom is 0.244 e. The second kappa shape index (κ2) is 14.5. The predicted molar refractivity (Wildman–Crippen MR) is 169 cm³/mol. The minimum absolute atomic E-state index is 0.0387. The molecule has 1 aliphatic carbocycles. The number of sulfonamides is 1. The van der Waals surface area contributed by atoms with E-state index in [9.17, 15) is 22.8 Å². The number of benzene rings is 3. The summed E-state index contributed by atoms with van der Waals surface area (Å²) in [4.78, 5) is 41.9. The van der Waals surface area contributed by atoms with Crippen LogP contribution in [-0.4, -0.2) is 55.8 Å². The van der Waals surface area contributed by atoms with E-state index in [0.29, 0.717) is 5.56 Å². The number of nitrogens with zero attached hydrogens (tertiary/aromatic N) is 2. The van der Waals surface area contributed by atoms with Gasteiger partial charge in [0.1, 0.15) is 12.6 Å². The molecule has 43 heavy (non-hydrogen) atoms. The summed E-state index contributed by atoms with van der Waals surface area (Å²) in [6.07, 6.45) is 6.32. The summed E-state index contributed by atoms with van der Waals surface area (Å²) in [5.74, 6) is -0.978. The Hall–Kier alpha value is -3.98. The lowest BCUT2D eigenvalue weighted by molar-refractivity contribution is -0.140. The van der Waals surface area contributed by atoms with Crippen LogP contribution < -0.4 is 9.62 Å². The molecule has 1 atom stereocenters. The number of amides is 2. The molecule has 3 aromatic carbocycles. The van der Waals surface area contributed by atoms with Gasteiger partial charge >= 0.3 is 0 Å². The fraction of sp³-hybridized carbons (Fsp3) is 0.382. The van der Waals surface area contributed by atoms with Crippen molar-refractivity contribution in [2.45, 2.75) is 71.0 Å². The first-order chi connectivity index (χ1) is 20.5. The van der Waals surface area contributed by atoms with Crippen molar-refractivity contribution in [2.24, 2.45) is 0 Å². The maximum absolute atomic E-state index is 14.3. The molecule has 1 saturated carbocycles. The molecule has 1 aliphatic rings. The van der Waals surface area contributed by atoms with E-state index < -0.39 is 28.5 Å². The summed E-state index contributed by atoms with van der Waals surface area (Å²) >= 11 is 0. The van der Waals surface area contributed by atoms with Gasteiger partial charge in [-0.2, -0.15) is 0 Å². The zero-order chi connectivity index (χ0) is 31.0. The molecule has 0 radical (unpaired) electrons. The van der Waals surface area contributed by atoms with Gasteiger partial charge in [0.25, 0.3) is 0 Å². The topological polar surface area (TPSA) is 104 Å². The van der Waals surface area contributed by atoms with Crippen LogP contribution in [0.2, 0.25) is 0 Å². The highest BCUT2D eigenvalue weighted by Crippen LogP contribution is 2.23. The molecule has 1 fully saturated rings. The van der Waals surface area contributed by atoms with E-state index in [1.165, 1.54) is 17.9 Å². The minimum atomic E-state index is -3.92. The highest BCUT2D eigenvalue weighted by atomic mass is 32.2. The lowest BCUT2D eigenvalue weighted by atomic mass is 9.94. The first-order valence-electron chi connectivity index (χ1n) is 14.8. The highest BCUT2D eigenvalue weighted by molar-refractivity contribution is 7.92. The maximum atomic E-state index is 14.3. The zero-order valence-corrected chi connectivity index (χ0v) is 26.0. The second-order valence-electron chi connectivity index (χ2n) is 11.4. The summed E-state index contributed by atoms with van der Waals surface area (Å²) in [7, 11) is -3.92. The molecule has 4 rings (SSSR count). The normalized spacial score (nSPS) is 14.5. The molecule has 2 amide bonds. The highest BCUT2D eigenvalue weighted by Gasteiger charge is 2.34. The second-order valence-corrected chi connectivity index (χ2v) is 13.3. The van der Waals surface area contributed by atoms with E-state index in [2.05, 4.69) is 5.32 Å². The van der Waals surface area contributed by atoms with Crippen LogP contribution in [0, 0.1) is 6.92 Å². The first-order valence-corrected chi connectivity index (χ1v) is 16.6. The average Bonchev–Trinajstić information content (AvgIpc) is 2.99. The smallest absolute Gasteiger partial charge is 0.244 e. The van der Waals surface area contributed by atoms with Crippen molar-refractivity contribution in [2.75, 3.05) is 17.1 Å². The van der Waals surface area contributed by atoms with Gasteiger partial charge in [-0.1, -0.05) is 86.0 Å². The summed E-state index contributed by atoms with van der Waals surface area (Å²) in [6.45, 7) is 2.96. The Kier molecular flexibility index (Phi) is 10.7. The quantitative estimate of drug-likeness (QED) is 0.292. The third-order valence-corrected chi connectivity index (χ3v) is 9.19. The number of carbonyl (C=O) groups excluding carboxylic acids is 3.